The van der Waals surface area contributed by atoms with E-state index in [1.54, 1.807) is 36.4 Å². The molecular weight excluding hydrogens is 1080 g/mol. The Kier molecular flexibility index (Phi) is 49.1. The van der Waals surface area contributed by atoms with Crippen LogP contribution in [0.15, 0.2) is 170 Å². The number of esters is 4. The Bertz CT molecular complexity index is 2520. The third-order valence-corrected chi connectivity index (χ3v) is 10.9. The maximum absolute atomic E-state index is 12.3. The molecule has 1 saturated carbocycles. The number of allylic oxidation sites excluding steroid dienone is 5. The van der Waals surface area contributed by atoms with Gasteiger partial charge in [-0.25, -0.2) is 4.79 Å². The van der Waals surface area contributed by atoms with Gasteiger partial charge in [0.2, 0.25) is 5.91 Å². The monoisotopic (exact) mass is 1160 g/mol. The van der Waals surface area contributed by atoms with Gasteiger partial charge in [0.15, 0.2) is 11.8 Å². The molecule has 0 radical (unpaired) electrons. The van der Waals surface area contributed by atoms with Crippen LogP contribution in [0.5, 0.6) is 0 Å². The van der Waals surface area contributed by atoms with Crippen molar-refractivity contribution in [3.05, 3.63) is 193 Å². The Morgan fingerprint density at radius 3 is 1.42 bits per heavy atom. The molecule has 0 heterocycles. The maximum atomic E-state index is 12.3. The molecule has 20 nitrogen and oxygen atoms in total. The fourth-order valence-corrected chi connectivity index (χ4v) is 6.99. The first kappa shape index (κ1) is 78.8. The van der Waals surface area contributed by atoms with Crippen molar-refractivity contribution in [2.24, 2.45) is 11.8 Å². The average Bonchev–Trinajstić information content (AvgIpc) is 3.52. The van der Waals surface area contributed by atoms with Crippen molar-refractivity contribution in [2.45, 2.75) is 57.0 Å². The number of rotatable bonds is 20. The van der Waals surface area contributed by atoms with Crippen LogP contribution in [0, 0.1) is 11.8 Å². The Hall–Kier alpha value is -8.43. The minimum atomic E-state index is -1.03. The molecule has 0 spiro atoms. The van der Waals surface area contributed by atoms with E-state index in [0.717, 1.165) is 42.4 Å². The fourth-order valence-electron chi connectivity index (χ4n) is 6.99. The van der Waals surface area contributed by atoms with Crippen molar-refractivity contribution in [1.29, 1.82) is 0 Å². The quantitative estimate of drug-likeness (QED) is 0.0134. The van der Waals surface area contributed by atoms with Crippen LogP contribution in [-0.2, 0) is 71.5 Å². The molecule has 0 aliphatic heterocycles. The standard InChI is InChI=1S/C19H24N2O2.2C14H16O4.C11H12O3.2C2H3O2.H3N.Na/c1-2-3-5-14-18(22)20-16-12-8-9-13-17(16)21-19(23)15-10-6-4-7-11-15;1-17-13(15)12(14(16)18-2)10-6-9-11-7-4-3-5-8-11;1-4-11(10-8-6-5-7-9-10)12(13(15)17-2)14(16)18-3;1-13-11(12)14-9-5-8-10-6-3-2-4-7-10;2*1-4-2-3;;/h2-7,10-11,14,16-17H,8-9,12-13H2,1H3,(H,20,22)(H,21,23);3-9,12H,10H2,1-2H3;4-9,11-12H,1H2,2-3H3;2-8H,9H2,1H3;2*1H3;1H3;/q;;;;2*-1;;+1/b3-2-,14-5+;9-6+;;8-5+;;;;/t16-,17+;;11-;;;;;/m1.0...../s1. The van der Waals surface area contributed by atoms with Crippen LogP contribution in [0.3, 0.4) is 0 Å². The van der Waals surface area contributed by atoms with Crippen LogP contribution in [0.1, 0.15) is 72.0 Å². The molecule has 83 heavy (non-hydrogen) atoms. The van der Waals surface area contributed by atoms with E-state index in [-0.39, 0.29) is 72.6 Å². The van der Waals surface area contributed by atoms with Crippen LogP contribution < -0.4 is 46.3 Å². The number of hydrogen-bond donors (Lipinski definition) is 3. The summed E-state index contributed by atoms with van der Waals surface area (Å²) in [7, 11) is 8.77. The zero-order valence-electron chi connectivity index (χ0n) is 48.7. The summed E-state index contributed by atoms with van der Waals surface area (Å²) >= 11 is 0. The molecule has 0 saturated heterocycles. The first-order chi connectivity index (χ1) is 39.2. The van der Waals surface area contributed by atoms with E-state index >= 15 is 0 Å². The second-order valence-electron chi connectivity index (χ2n) is 16.2. The van der Waals surface area contributed by atoms with Gasteiger partial charge in [0.1, 0.15) is 6.61 Å². The van der Waals surface area contributed by atoms with Crippen LogP contribution in [-0.4, -0.2) is 123 Å². The SMILES string of the molecule is C/C=C\C=C\C(=O)N[C@@H]1CCCC[C@@H]1NC(=O)c1ccccc1.C=C[C@@H](c1ccccc1)C(C(=O)OC)C(=O)OC.COC(=O)C(C/C=C/c1ccccc1)C(=O)OC.COC(=O)OC/C=C/c1ccccc1.CO[C-]=O.CO[C-]=O.N.[Na+]. The molecule has 0 bridgehead atoms. The van der Waals surface area contributed by atoms with Gasteiger partial charge in [0.05, 0.1) is 35.5 Å². The number of methoxy groups -OCH3 is 7. The van der Waals surface area contributed by atoms with Crippen molar-refractivity contribution in [3.63, 3.8) is 0 Å². The second-order valence-corrected chi connectivity index (χ2v) is 16.2. The number of carbonyl (C=O) groups excluding carboxylic acids is 9. The Balaban J connectivity index is -0.000000986. The Labute approximate surface area is 509 Å². The van der Waals surface area contributed by atoms with E-state index in [4.69, 9.17) is 9.59 Å². The van der Waals surface area contributed by atoms with Crippen LogP contribution >= 0.6 is 0 Å². The molecule has 5 N–H and O–H groups in total. The molecular formula is C62H77N3NaO17-. The predicted octanol–water partition coefficient (Wildman–Crippen LogP) is 6.00. The van der Waals surface area contributed by atoms with Crippen LogP contribution in [0.2, 0.25) is 0 Å². The van der Waals surface area contributed by atoms with Crippen molar-refractivity contribution >= 4 is 66.9 Å². The molecule has 0 unspecified atom stereocenters. The second kappa shape index (κ2) is 51.7. The number of nitrogens with one attached hydrogen (secondary N) is 2. The molecule has 1 fully saturated rings. The van der Waals surface area contributed by atoms with Gasteiger partial charge in [-0.1, -0.05) is 178 Å². The van der Waals surface area contributed by atoms with Crippen molar-refractivity contribution < 1.29 is 111 Å². The fraction of sp³-hybridized carbons (Fsp3) is 0.306. The summed E-state index contributed by atoms with van der Waals surface area (Å²) in [6, 6.07) is 37.7. The average molecular weight is 1160 g/mol. The molecule has 444 valence electrons. The van der Waals surface area contributed by atoms with Gasteiger partial charge in [0.25, 0.3) is 5.91 Å². The number of ether oxygens (including phenoxy) is 8. The summed E-state index contributed by atoms with van der Waals surface area (Å²) in [4.78, 5) is 98.7. The van der Waals surface area contributed by atoms with Gasteiger partial charge in [0, 0.05) is 43.9 Å². The molecule has 5 rings (SSSR count). The van der Waals surface area contributed by atoms with Crippen molar-refractivity contribution in [2.75, 3.05) is 56.4 Å². The predicted molar refractivity (Wildman–Crippen MR) is 311 cm³/mol. The minimum Gasteiger partial charge on any atom is -0.655 e. The summed E-state index contributed by atoms with van der Waals surface area (Å²) in [6.07, 6.45) is 19.2. The topological polar surface area (TPSA) is 287 Å². The van der Waals surface area contributed by atoms with E-state index in [1.807, 2.05) is 140 Å². The van der Waals surface area contributed by atoms with E-state index in [9.17, 15) is 33.6 Å². The molecule has 1 aliphatic rings. The van der Waals surface area contributed by atoms with Crippen molar-refractivity contribution in [1.82, 2.24) is 16.8 Å². The summed E-state index contributed by atoms with van der Waals surface area (Å²) in [6.45, 7) is 8.16. The summed E-state index contributed by atoms with van der Waals surface area (Å²) < 4.78 is 34.9. The summed E-state index contributed by atoms with van der Waals surface area (Å²) in [5, 5.41) is 6.08. The molecule has 3 atom stereocenters. The zero-order chi connectivity index (χ0) is 60.5. The molecule has 4 aromatic carbocycles. The van der Waals surface area contributed by atoms with Gasteiger partial charge in [-0.05, 0) is 61.1 Å². The van der Waals surface area contributed by atoms with E-state index in [0.29, 0.717) is 5.56 Å². The normalized spacial score (nSPS) is 13.0. The number of benzene rings is 4. The first-order valence-corrected chi connectivity index (χ1v) is 25.1. The van der Waals surface area contributed by atoms with Crippen LogP contribution in [0.4, 0.5) is 4.79 Å². The maximum Gasteiger partial charge on any atom is 1.00 e. The minimum absolute atomic E-state index is 0. The van der Waals surface area contributed by atoms with Crippen LogP contribution in [0.25, 0.3) is 12.2 Å². The zero-order valence-corrected chi connectivity index (χ0v) is 50.7. The Morgan fingerprint density at radius 2 is 1.01 bits per heavy atom. The van der Waals surface area contributed by atoms with Gasteiger partial charge in [-0.15, -0.1) is 6.58 Å². The molecule has 1 aliphatic carbocycles. The third kappa shape index (κ3) is 35.8. The molecule has 2 amide bonds. The number of carbonyl (C=O) groups is 7. The molecule has 0 aromatic heterocycles. The van der Waals surface area contributed by atoms with E-state index in [1.165, 1.54) is 68.8 Å². The Morgan fingerprint density at radius 1 is 0.590 bits per heavy atom. The largest absolute Gasteiger partial charge is 1.00 e. The van der Waals surface area contributed by atoms with Gasteiger partial charge >= 0.3 is 59.6 Å². The number of amides is 2. The summed E-state index contributed by atoms with van der Waals surface area (Å²) in [5.41, 5.74) is 3.54. The molecule has 4 aromatic rings. The van der Waals surface area contributed by atoms with Gasteiger partial charge < -0.3 is 64.3 Å². The third-order valence-electron chi connectivity index (χ3n) is 10.9. The smallest absolute Gasteiger partial charge is 0.655 e. The molecule has 21 heteroatoms. The summed E-state index contributed by atoms with van der Waals surface area (Å²) in [5.74, 6) is -5.02. The van der Waals surface area contributed by atoms with E-state index < -0.39 is 47.8 Å². The van der Waals surface area contributed by atoms with Gasteiger partial charge in [-0.2, -0.15) is 0 Å². The number of hydrogen-bond acceptors (Lipinski definition) is 18. The van der Waals surface area contributed by atoms with Gasteiger partial charge in [-0.3, -0.25) is 28.8 Å². The first-order valence-electron chi connectivity index (χ1n) is 25.1. The van der Waals surface area contributed by atoms with Crippen molar-refractivity contribution in [3.8, 4) is 0 Å². The van der Waals surface area contributed by atoms with E-state index in [2.05, 4.69) is 55.1 Å².